The summed E-state index contributed by atoms with van der Waals surface area (Å²) < 4.78 is 0. The number of rotatable bonds is 4. The maximum Gasteiger partial charge on any atom is 0.238 e. The molecule has 0 aliphatic carbocycles. The molecule has 4 nitrogen and oxygen atoms in total. The largest absolute Gasteiger partial charge is 0.324 e. The smallest absolute Gasteiger partial charge is 0.238 e. The molecule has 7 heteroatoms. The lowest BCUT2D eigenvalue weighted by atomic mass is 10.2. The summed E-state index contributed by atoms with van der Waals surface area (Å²) in [6, 6.07) is 5.43. The number of anilines is 1. The first-order valence-electron chi connectivity index (χ1n) is 6.22. The number of hydrogen-bond acceptors (Lipinski definition) is 3. The van der Waals surface area contributed by atoms with Gasteiger partial charge in [0.1, 0.15) is 0 Å². The Labute approximate surface area is 135 Å². The van der Waals surface area contributed by atoms with Gasteiger partial charge in [-0.15, -0.1) is 12.4 Å². The van der Waals surface area contributed by atoms with Gasteiger partial charge in [0.05, 0.1) is 17.3 Å². The van der Waals surface area contributed by atoms with E-state index in [0.717, 1.165) is 19.5 Å². The molecule has 0 radical (unpaired) electrons. The number of likely N-dealkylation sites (N-methyl/N-ethyl adjacent to an activating group) is 1. The highest BCUT2D eigenvalue weighted by Crippen LogP contribution is 2.25. The molecular weight excluding hydrogens is 321 g/mol. The molecule has 1 saturated heterocycles. The van der Waals surface area contributed by atoms with E-state index < -0.39 is 0 Å². The Morgan fingerprint density at radius 1 is 1.50 bits per heavy atom. The first kappa shape index (κ1) is 17.5. The van der Waals surface area contributed by atoms with Gasteiger partial charge in [-0.3, -0.25) is 9.69 Å². The molecule has 1 amide bonds. The van der Waals surface area contributed by atoms with Gasteiger partial charge < -0.3 is 10.6 Å². The molecule has 1 aliphatic rings. The van der Waals surface area contributed by atoms with E-state index in [0.29, 0.717) is 28.3 Å². The van der Waals surface area contributed by atoms with E-state index >= 15 is 0 Å². The average molecular weight is 339 g/mol. The van der Waals surface area contributed by atoms with E-state index in [2.05, 4.69) is 10.6 Å². The zero-order valence-corrected chi connectivity index (χ0v) is 13.5. The third-order valence-corrected chi connectivity index (χ3v) is 3.82. The van der Waals surface area contributed by atoms with Crippen LogP contribution >= 0.6 is 35.6 Å². The number of amides is 1. The van der Waals surface area contributed by atoms with Gasteiger partial charge in [0.15, 0.2) is 0 Å². The van der Waals surface area contributed by atoms with Gasteiger partial charge in [-0.2, -0.15) is 0 Å². The molecule has 1 heterocycles. The Morgan fingerprint density at radius 3 is 2.90 bits per heavy atom. The van der Waals surface area contributed by atoms with Gasteiger partial charge in [-0.25, -0.2) is 0 Å². The summed E-state index contributed by atoms with van der Waals surface area (Å²) in [7, 11) is 1.96. The topological polar surface area (TPSA) is 44.4 Å². The summed E-state index contributed by atoms with van der Waals surface area (Å²) in [5, 5.41) is 7.11. The van der Waals surface area contributed by atoms with Crippen molar-refractivity contribution in [2.24, 2.45) is 0 Å². The molecule has 1 unspecified atom stereocenters. The molecule has 2 N–H and O–H groups in total. The van der Waals surface area contributed by atoms with E-state index in [1.54, 1.807) is 18.2 Å². The zero-order chi connectivity index (χ0) is 13.8. The highest BCUT2D eigenvalue weighted by Gasteiger charge is 2.21. The number of nitrogens with zero attached hydrogens (tertiary/aromatic N) is 1. The minimum absolute atomic E-state index is 0. The van der Waals surface area contributed by atoms with E-state index in [1.807, 2.05) is 11.9 Å². The molecule has 20 heavy (non-hydrogen) atoms. The lowest BCUT2D eigenvalue weighted by Crippen LogP contribution is -2.39. The standard InChI is InChI=1S/C13H17Cl2N3O.ClH/c1-18(10-4-5-16-7-10)8-13(19)17-12-6-9(14)2-3-11(12)15;/h2-3,6,10,16H,4-5,7-8H2,1H3,(H,17,19);1H. The van der Waals surface area contributed by atoms with Crippen LogP contribution in [0.4, 0.5) is 5.69 Å². The lowest BCUT2D eigenvalue weighted by Gasteiger charge is -2.22. The first-order valence-corrected chi connectivity index (χ1v) is 6.97. The van der Waals surface area contributed by atoms with Crippen molar-refractivity contribution in [1.29, 1.82) is 0 Å². The predicted octanol–water partition coefficient (Wildman–Crippen LogP) is 2.65. The summed E-state index contributed by atoms with van der Waals surface area (Å²) in [5.74, 6) is -0.0847. The van der Waals surface area contributed by atoms with Crippen LogP contribution in [-0.4, -0.2) is 43.5 Å². The van der Waals surface area contributed by atoms with Gasteiger partial charge in [0, 0.05) is 17.6 Å². The molecule has 0 aromatic heterocycles. The number of nitrogens with one attached hydrogen (secondary N) is 2. The number of halogens is 3. The number of benzene rings is 1. The van der Waals surface area contributed by atoms with Crippen LogP contribution in [0.5, 0.6) is 0 Å². The molecule has 1 aromatic carbocycles. The lowest BCUT2D eigenvalue weighted by molar-refractivity contribution is -0.117. The Balaban J connectivity index is 0.00000200. The quantitative estimate of drug-likeness (QED) is 0.887. The minimum Gasteiger partial charge on any atom is -0.324 e. The third kappa shape index (κ3) is 4.79. The summed E-state index contributed by atoms with van der Waals surface area (Å²) in [6.45, 7) is 2.29. The number of hydrogen-bond donors (Lipinski definition) is 2. The molecule has 0 bridgehead atoms. The summed E-state index contributed by atoms with van der Waals surface area (Å²) in [6.07, 6.45) is 1.07. The Morgan fingerprint density at radius 2 is 2.25 bits per heavy atom. The van der Waals surface area contributed by atoms with Crippen molar-refractivity contribution in [3.05, 3.63) is 28.2 Å². The van der Waals surface area contributed by atoms with Crippen molar-refractivity contribution in [3.8, 4) is 0 Å². The maximum absolute atomic E-state index is 12.0. The van der Waals surface area contributed by atoms with Crippen molar-refractivity contribution in [2.45, 2.75) is 12.5 Å². The summed E-state index contributed by atoms with van der Waals surface area (Å²) in [5.41, 5.74) is 0.553. The van der Waals surface area contributed by atoms with Crippen molar-refractivity contribution in [1.82, 2.24) is 10.2 Å². The van der Waals surface area contributed by atoms with Crippen molar-refractivity contribution in [2.75, 3.05) is 32.0 Å². The Kier molecular flexibility index (Phi) is 7.06. The van der Waals surface area contributed by atoms with E-state index in [1.165, 1.54) is 0 Å². The van der Waals surface area contributed by atoms with Gasteiger partial charge in [-0.1, -0.05) is 23.2 Å². The Bertz CT molecular complexity index is 464. The molecular formula is C13H18Cl3N3O. The van der Waals surface area contributed by atoms with Crippen molar-refractivity contribution < 1.29 is 4.79 Å². The normalized spacial score (nSPS) is 17.9. The monoisotopic (exact) mass is 337 g/mol. The van der Waals surface area contributed by atoms with Crippen LogP contribution in [0, 0.1) is 0 Å². The van der Waals surface area contributed by atoms with Gasteiger partial charge in [-0.05, 0) is 38.2 Å². The minimum atomic E-state index is -0.0847. The average Bonchev–Trinajstić information content (AvgIpc) is 2.87. The van der Waals surface area contributed by atoms with Gasteiger partial charge >= 0.3 is 0 Å². The van der Waals surface area contributed by atoms with Gasteiger partial charge in [0.25, 0.3) is 0 Å². The molecule has 1 aliphatic heterocycles. The first-order chi connectivity index (χ1) is 9.06. The van der Waals surface area contributed by atoms with Crippen LogP contribution in [0.3, 0.4) is 0 Å². The van der Waals surface area contributed by atoms with E-state index in [9.17, 15) is 4.79 Å². The second-order valence-electron chi connectivity index (χ2n) is 4.73. The molecule has 112 valence electrons. The SMILES string of the molecule is CN(CC(=O)Nc1cc(Cl)ccc1Cl)C1CCNC1.Cl. The van der Waals surface area contributed by atoms with Crippen LogP contribution in [0.2, 0.25) is 10.0 Å². The maximum atomic E-state index is 12.0. The summed E-state index contributed by atoms with van der Waals surface area (Å²) >= 11 is 11.9. The van der Waals surface area contributed by atoms with Crippen LogP contribution in [-0.2, 0) is 4.79 Å². The third-order valence-electron chi connectivity index (χ3n) is 3.25. The molecule has 1 atom stereocenters. The zero-order valence-electron chi connectivity index (χ0n) is 11.2. The second-order valence-corrected chi connectivity index (χ2v) is 5.58. The van der Waals surface area contributed by atoms with Crippen LogP contribution < -0.4 is 10.6 Å². The molecule has 1 aromatic rings. The highest BCUT2D eigenvalue weighted by molar-refractivity contribution is 6.35. The predicted molar refractivity (Wildman–Crippen MR) is 86.2 cm³/mol. The fourth-order valence-electron chi connectivity index (χ4n) is 2.15. The molecule has 0 saturated carbocycles. The number of carbonyl (C=O) groups is 1. The second kappa shape index (κ2) is 8.05. The highest BCUT2D eigenvalue weighted by atomic mass is 35.5. The molecule has 2 rings (SSSR count). The van der Waals surface area contributed by atoms with Crippen LogP contribution in [0.1, 0.15) is 6.42 Å². The summed E-state index contributed by atoms with van der Waals surface area (Å²) in [4.78, 5) is 14.0. The molecule has 1 fully saturated rings. The Hall–Kier alpha value is -0.520. The van der Waals surface area contributed by atoms with Crippen LogP contribution in [0.25, 0.3) is 0 Å². The fourth-order valence-corrected chi connectivity index (χ4v) is 2.49. The number of carbonyl (C=O) groups excluding carboxylic acids is 1. The fraction of sp³-hybridized carbons (Fsp3) is 0.462. The van der Waals surface area contributed by atoms with Gasteiger partial charge in [0.2, 0.25) is 5.91 Å². The molecule has 0 spiro atoms. The van der Waals surface area contributed by atoms with Crippen molar-refractivity contribution in [3.63, 3.8) is 0 Å². The van der Waals surface area contributed by atoms with Crippen LogP contribution in [0.15, 0.2) is 18.2 Å². The van der Waals surface area contributed by atoms with E-state index in [4.69, 9.17) is 23.2 Å². The van der Waals surface area contributed by atoms with E-state index in [-0.39, 0.29) is 18.3 Å². The van der Waals surface area contributed by atoms with Crippen molar-refractivity contribution >= 4 is 47.2 Å².